The molecule has 6 nitrogen and oxygen atoms in total. The number of esters is 1. The van der Waals surface area contributed by atoms with Gasteiger partial charge in [-0.25, -0.2) is 4.79 Å². The molecule has 1 aliphatic heterocycles. The first-order chi connectivity index (χ1) is 5.57. The minimum Gasteiger partial charge on any atom is -0.505 e. The molecule has 0 bridgehead atoms. The van der Waals surface area contributed by atoms with Gasteiger partial charge in [-0.2, -0.15) is 9.90 Å². The molecule has 0 saturated carbocycles. The summed E-state index contributed by atoms with van der Waals surface area (Å²) in [5, 5.41) is 35.0. The van der Waals surface area contributed by atoms with Crippen LogP contribution in [0.2, 0.25) is 0 Å². The van der Waals surface area contributed by atoms with E-state index in [-0.39, 0.29) is 9.90 Å². The molecule has 1 heterocycles. The Morgan fingerprint density at radius 1 is 1.46 bits per heavy atom. The van der Waals surface area contributed by atoms with Crippen LogP contribution < -0.4 is 0 Å². The molecule has 1 unspecified atom stereocenters. The highest BCUT2D eigenvalue weighted by atomic mass is 31.0. The van der Waals surface area contributed by atoms with Crippen LogP contribution in [-0.2, 0) is 9.53 Å². The molecule has 1 aliphatic rings. The zero-order valence-corrected chi connectivity index (χ0v) is 8.09. The SMILES string of the molecule is O=C1O[C@H]([C@@H](O)CO)C(O)=C1O.P. The fourth-order valence-electron chi connectivity index (χ4n) is 0.823. The van der Waals surface area contributed by atoms with Crippen LogP contribution in [0, 0.1) is 0 Å². The number of aliphatic hydroxyl groups excluding tert-OH is 4. The molecule has 0 amide bonds. The Morgan fingerprint density at radius 3 is 2.31 bits per heavy atom. The Labute approximate surface area is 77.1 Å². The third-order valence-corrected chi connectivity index (χ3v) is 1.48. The molecular formula is C6H11O6P. The number of cyclic esters (lactones) is 1. The maximum absolute atomic E-state index is 10.5. The topological polar surface area (TPSA) is 107 Å². The van der Waals surface area contributed by atoms with Crippen molar-refractivity contribution in [3.8, 4) is 0 Å². The summed E-state index contributed by atoms with van der Waals surface area (Å²) in [6.07, 6.45) is -2.78. The van der Waals surface area contributed by atoms with E-state index in [4.69, 9.17) is 20.4 Å². The number of rotatable bonds is 2. The lowest BCUT2D eigenvalue weighted by Crippen LogP contribution is -2.31. The van der Waals surface area contributed by atoms with Crippen LogP contribution in [0.3, 0.4) is 0 Å². The molecule has 0 spiro atoms. The first-order valence-electron chi connectivity index (χ1n) is 3.20. The number of ether oxygens (including phenoxy) is 1. The van der Waals surface area contributed by atoms with E-state index in [1.807, 2.05) is 0 Å². The fourth-order valence-corrected chi connectivity index (χ4v) is 0.823. The Morgan fingerprint density at radius 2 is 2.00 bits per heavy atom. The van der Waals surface area contributed by atoms with Crippen LogP contribution in [0.15, 0.2) is 11.5 Å². The summed E-state index contributed by atoms with van der Waals surface area (Å²) in [4.78, 5) is 10.5. The van der Waals surface area contributed by atoms with Gasteiger partial charge in [0.15, 0.2) is 11.9 Å². The molecule has 0 aliphatic carbocycles. The van der Waals surface area contributed by atoms with Crippen molar-refractivity contribution in [3.63, 3.8) is 0 Å². The molecule has 1 rings (SSSR count). The number of carbonyl (C=O) groups excluding carboxylic acids is 1. The van der Waals surface area contributed by atoms with E-state index in [0.717, 1.165) is 0 Å². The Kier molecular flexibility index (Phi) is 4.13. The highest BCUT2D eigenvalue weighted by Crippen LogP contribution is 2.20. The Bertz CT molecular complexity index is 237. The third kappa shape index (κ3) is 2.09. The summed E-state index contributed by atoms with van der Waals surface area (Å²) in [6.45, 7) is -0.671. The lowest BCUT2D eigenvalue weighted by molar-refractivity contribution is -0.147. The molecule has 0 fully saturated rings. The van der Waals surface area contributed by atoms with E-state index in [1.54, 1.807) is 0 Å². The third-order valence-electron chi connectivity index (χ3n) is 1.48. The van der Waals surface area contributed by atoms with Crippen LogP contribution >= 0.6 is 9.90 Å². The van der Waals surface area contributed by atoms with Crippen molar-refractivity contribution in [3.05, 3.63) is 11.5 Å². The van der Waals surface area contributed by atoms with E-state index in [2.05, 4.69) is 4.74 Å². The van der Waals surface area contributed by atoms with Gasteiger partial charge in [-0.05, 0) is 0 Å². The summed E-state index contributed by atoms with van der Waals surface area (Å²) in [6, 6.07) is 0. The minimum atomic E-state index is -1.42. The summed E-state index contributed by atoms with van der Waals surface area (Å²) in [7, 11) is 0. The zero-order chi connectivity index (χ0) is 9.30. The highest BCUT2D eigenvalue weighted by molar-refractivity contribution is 6.92. The summed E-state index contributed by atoms with van der Waals surface area (Å²) < 4.78 is 4.32. The lowest BCUT2D eigenvalue weighted by Gasteiger charge is -2.13. The molecule has 0 aromatic heterocycles. The van der Waals surface area contributed by atoms with Crippen LogP contribution in [-0.4, -0.2) is 45.2 Å². The summed E-state index contributed by atoms with van der Waals surface area (Å²) in [5.41, 5.74) is 0. The lowest BCUT2D eigenvalue weighted by atomic mass is 10.2. The van der Waals surface area contributed by atoms with E-state index < -0.39 is 36.3 Å². The van der Waals surface area contributed by atoms with Crippen molar-refractivity contribution in [1.29, 1.82) is 0 Å². The molecular weight excluding hydrogens is 199 g/mol. The maximum atomic E-state index is 10.5. The summed E-state index contributed by atoms with van der Waals surface area (Å²) >= 11 is 0. The van der Waals surface area contributed by atoms with E-state index in [0.29, 0.717) is 0 Å². The number of aliphatic hydroxyl groups is 4. The predicted octanol–water partition coefficient (Wildman–Crippen LogP) is -1.35. The van der Waals surface area contributed by atoms with Crippen molar-refractivity contribution >= 4 is 15.9 Å². The van der Waals surface area contributed by atoms with Gasteiger partial charge >= 0.3 is 5.97 Å². The van der Waals surface area contributed by atoms with Crippen LogP contribution in [0.5, 0.6) is 0 Å². The van der Waals surface area contributed by atoms with Crippen LogP contribution in [0.4, 0.5) is 0 Å². The van der Waals surface area contributed by atoms with Gasteiger partial charge in [-0.1, -0.05) is 0 Å². The average Bonchev–Trinajstić information content (AvgIpc) is 2.32. The average molecular weight is 210 g/mol. The Hall–Kier alpha value is -0.840. The van der Waals surface area contributed by atoms with Crippen molar-refractivity contribution < 1.29 is 30.0 Å². The first-order valence-corrected chi connectivity index (χ1v) is 3.20. The van der Waals surface area contributed by atoms with Crippen LogP contribution in [0.1, 0.15) is 0 Å². The maximum Gasteiger partial charge on any atom is 0.377 e. The van der Waals surface area contributed by atoms with E-state index >= 15 is 0 Å². The minimum absolute atomic E-state index is 0. The quantitative estimate of drug-likeness (QED) is 0.331. The molecule has 0 radical (unpaired) electrons. The molecule has 76 valence electrons. The molecule has 7 heteroatoms. The van der Waals surface area contributed by atoms with Gasteiger partial charge in [0, 0.05) is 0 Å². The molecule has 3 atom stereocenters. The predicted molar refractivity (Wildman–Crippen MR) is 46.4 cm³/mol. The standard InChI is InChI=1S/C6H8O6.H3P/c7-1-2(8)5-3(9)4(10)6(11)12-5;/h2,5,7-10H,1H2;1H3/t2-,5+;/m0./s1. The smallest absolute Gasteiger partial charge is 0.377 e. The number of hydrogen-bond donors (Lipinski definition) is 4. The van der Waals surface area contributed by atoms with Crippen molar-refractivity contribution in [2.45, 2.75) is 12.2 Å². The van der Waals surface area contributed by atoms with E-state index in [9.17, 15) is 4.79 Å². The second-order valence-corrected chi connectivity index (χ2v) is 2.31. The van der Waals surface area contributed by atoms with Gasteiger partial charge in [-0.15, -0.1) is 0 Å². The highest BCUT2D eigenvalue weighted by Gasteiger charge is 2.38. The number of hydrogen-bond acceptors (Lipinski definition) is 6. The van der Waals surface area contributed by atoms with E-state index in [1.165, 1.54) is 0 Å². The largest absolute Gasteiger partial charge is 0.505 e. The van der Waals surface area contributed by atoms with Gasteiger partial charge in [0.2, 0.25) is 5.76 Å². The Balaban J connectivity index is 0.00000144. The van der Waals surface area contributed by atoms with Crippen molar-refractivity contribution in [1.82, 2.24) is 0 Å². The van der Waals surface area contributed by atoms with Gasteiger partial charge in [0.05, 0.1) is 6.61 Å². The van der Waals surface area contributed by atoms with Crippen LogP contribution in [0.25, 0.3) is 0 Å². The monoisotopic (exact) mass is 210 g/mol. The molecule has 0 aromatic rings. The zero-order valence-electron chi connectivity index (χ0n) is 6.67. The van der Waals surface area contributed by atoms with Crippen molar-refractivity contribution in [2.75, 3.05) is 6.61 Å². The normalized spacial score (nSPS) is 23.8. The van der Waals surface area contributed by atoms with Gasteiger partial charge in [-0.3, -0.25) is 0 Å². The van der Waals surface area contributed by atoms with Gasteiger partial charge in [0.25, 0.3) is 0 Å². The summed E-state index contributed by atoms with van der Waals surface area (Å²) in [5.74, 6) is -2.78. The van der Waals surface area contributed by atoms with Gasteiger partial charge in [0.1, 0.15) is 6.10 Å². The van der Waals surface area contributed by atoms with Gasteiger partial charge < -0.3 is 25.2 Å². The molecule has 0 saturated heterocycles. The molecule has 0 aromatic carbocycles. The molecule has 4 N–H and O–H groups in total. The number of carbonyl (C=O) groups is 1. The second kappa shape index (κ2) is 4.41. The molecule has 13 heavy (non-hydrogen) atoms. The van der Waals surface area contributed by atoms with Crippen molar-refractivity contribution in [2.24, 2.45) is 0 Å². The second-order valence-electron chi connectivity index (χ2n) is 2.31. The fraction of sp³-hybridized carbons (Fsp3) is 0.500. The first kappa shape index (κ1) is 12.2.